The third-order valence-electron chi connectivity index (χ3n) is 4.95. The van der Waals surface area contributed by atoms with Crippen molar-refractivity contribution in [3.8, 4) is 22.4 Å². The number of hydrogen-bond acceptors (Lipinski definition) is 2. The first-order chi connectivity index (χ1) is 13.3. The minimum Gasteiger partial charge on any atom is -0.233 e. The van der Waals surface area contributed by atoms with Crippen LogP contribution in [0.5, 0.6) is 0 Å². The Morgan fingerprint density at radius 3 is 2.22 bits per heavy atom. The van der Waals surface area contributed by atoms with Gasteiger partial charge in [-0.15, -0.1) is 0 Å². The van der Waals surface area contributed by atoms with Crippen LogP contribution in [-0.2, 0) is 0 Å². The van der Waals surface area contributed by atoms with Gasteiger partial charge in [-0.1, -0.05) is 84.9 Å². The molecule has 1 aromatic heterocycles. The molecule has 0 aliphatic carbocycles. The average molecular weight is 346 g/mol. The van der Waals surface area contributed by atoms with Gasteiger partial charge in [0.15, 0.2) is 0 Å². The van der Waals surface area contributed by atoms with Crippen molar-refractivity contribution in [3.63, 3.8) is 0 Å². The fourth-order valence-electron chi connectivity index (χ4n) is 3.67. The maximum atomic E-state index is 4.81. The van der Waals surface area contributed by atoms with Crippen LogP contribution in [0.1, 0.15) is 5.82 Å². The molecule has 0 fully saturated rings. The fourth-order valence-corrected chi connectivity index (χ4v) is 3.67. The van der Waals surface area contributed by atoms with E-state index in [0.717, 1.165) is 33.5 Å². The predicted molar refractivity (Wildman–Crippen MR) is 113 cm³/mol. The Balaban J connectivity index is 1.79. The van der Waals surface area contributed by atoms with E-state index in [1.807, 2.05) is 25.1 Å². The summed E-state index contributed by atoms with van der Waals surface area (Å²) in [5.74, 6) is 0.787. The lowest BCUT2D eigenvalue weighted by Gasteiger charge is -2.11. The molecular weight excluding hydrogens is 328 g/mol. The third-order valence-corrected chi connectivity index (χ3v) is 4.95. The summed E-state index contributed by atoms with van der Waals surface area (Å²) in [6.07, 6.45) is 0. The summed E-state index contributed by atoms with van der Waals surface area (Å²) in [5.41, 5.74) is 5.42. The maximum absolute atomic E-state index is 4.81. The van der Waals surface area contributed by atoms with Crippen molar-refractivity contribution < 1.29 is 0 Å². The number of benzene rings is 4. The number of fused-ring (bicyclic) bond motifs is 2. The molecule has 0 bridgehead atoms. The van der Waals surface area contributed by atoms with Gasteiger partial charge < -0.3 is 0 Å². The first-order valence-electron chi connectivity index (χ1n) is 9.11. The molecule has 0 aliphatic heterocycles. The minimum atomic E-state index is 0.787. The highest BCUT2D eigenvalue weighted by molar-refractivity contribution is 6.02. The standard InChI is InChI=1S/C25H18N2/c1-17-26-24(19-9-3-2-4-10-19)23-13-7-12-22(25(23)27-17)21-15-14-18-8-5-6-11-20(18)16-21/h2-16H,1H3. The number of para-hydroxylation sites is 1. The van der Waals surface area contributed by atoms with E-state index >= 15 is 0 Å². The maximum Gasteiger partial charge on any atom is 0.126 e. The molecule has 0 atom stereocenters. The predicted octanol–water partition coefficient (Wildman–Crippen LogP) is 6.43. The highest BCUT2D eigenvalue weighted by Gasteiger charge is 2.12. The molecule has 27 heavy (non-hydrogen) atoms. The van der Waals surface area contributed by atoms with Gasteiger partial charge in [-0.3, -0.25) is 0 Å². The molecule has 128 valence electrons. The van der Waals surface area contributed by atoms with Crippen LogP contribution in [0.25, 0.3) is 44.1 Å². The van der Waals surface area contributed by atoms with Crippen molar-refractivity contribution in [1.29, 1.82) is 0 Å². The van der Waals surface area contributed by atoms with Crippen molar-refractivity contribution in [2.45, 2.75) is 6.92 Å². The molecule has 4 aromatic carbocycles. The van der Waals surface area contributed by atoms with Crippen LogP contribution in [0.15, 0.2) is 91.0 Å². The monoisotopic (exact) mass is 346 g/mol. The lowest BCUT2D eigenvalue weighted by Crippen LogP contribution is -1.95. The van der Waals surface area contributed by atoms with Gasteiger partial charge in [0, 0.05) is 16.5 Å². The van der Waals surface area contributed by atoms with Gasteiger partial charge >= 0.3 is 0 Å². The Labute approximate surface area is 158 Å². The zero-order valence-electron chi connectivity index (χ0n) is 15.1. The fraction of sp³-hybridized carbons (Fsp3) is 0.0400. The van der Waals surface area contributed by atoms with Crippen molar-refractivity contribution in [1.82, 2.24) is 9.97 Å². The quantitative estimate of drug-likeness (QED) is 0.368. The molecule has 1 heterocycles. The smallest absolute Gasteiger partial charge is 0.126 e. The summed E-state index contributed by atoms with van der Waals surface area (Å²) in [6, 6.07) is 31.7. The summed E-state index contributed by atoms with van der Waals surface area (Å²) in [4.78, 5) is 9.55. The van der Waals surface area contributed by atoms with E-state index in [9.17, 15) is 0 Å². The van der Waals surface area contributed by atoms with E-state index in [4.69, 9.17) is 9.97 Å². The first-order valence-corrected chi connectivity index (χ1v) is 9.11. The highest BCUT2D eigenvalue weighted by atomic mass is 14.9. The molecule has 0 spiro atoms. The third kappa shape index (κ3) is 2.76. The number of nitrogens with zero attached hydrogens (tertiary/aromatic N) is 2. The van der Waals surface area contributed by atoms with Crippen LogP contribution >= 0.6 is 0 Å². The second-order valence-electron chi connectivity index (χ2n) is 6.75. The van der Waals surface area contributed by atoms with Crippen molar-refractivity contribution in [3.05, 3.63) is 96.8 Å². The van der Waals surface area contributed by atoms with E-state index < -0.39 is 0 Å². The van der Waals surface area contributed by atoms with Crippen molar-refractivity contribution in [2.24, 2.45) is 0 Å². The summed E-state index contributed by atoms with van der Waals surface area (Å²) in [7, 11) is 0. The van der Waals surface area contributed by atoms with E-state index in [0.29, 0.717) is 0 Å². The van der Waals surface area contributed by atoms with Gasteiger partial charge in [0.25, 0.3) is 0 Å². The minimum absolute atomic E-state index is 0.787. The largest absolute Gasteiger partial charge is 0.233 e. The molecule has 5 aromatic rings. The SMILES string of the molecule is Cc1nc(-c2ccccc2)c2cccc(-c3ccc4ccccc4c3)c2n1. The molecule has 0 saturated carbocycles. The van der Waals surface area contributed by atoms with E-state index in [1.54, 1.807) is 0 Å². The second kappa shape index (κ2) is 6.33. The Bertz CT molecular complexity index is 1270. The highest BCUT2D eigenvalue weighted by Crippen LogP contribution is 2.33. The molecule has 0 radical (unpaired) electrons. The van der Waals surface area contributed by atoms with Crippen molar-refractivity contribution in [2.75, 3.05) is 0 Å². The van der Waals surface area contributed by atoms with Crippen LogP contribution in [-0.4, -0.2) is 9.97 Å². The van der Waals surface area contributed by atoms with Gasteiger partial charge in [-0.05, 0) is 29.3 Å². The lowest BCUT2D eigenvalue weighted by atomic mass is 9.97. The number of rotatable bonds is 2. The van der Waals surface area contributed by atoms with E-state index in [1.165, 1.54) is 16.3 Å². The number of aryl methyl sites for hydroxylation is 1. The summed E-state index contributed by atoms with van der Waals surface area (Å²) in [6.45, 7) is 1.96. The Kier molecular flexibility index (Phi) is 3.68. The molecule has 0 unspecified atom stereocenters. The summed E-state index contributed by atoms with van der Waals surface area (Å²) < 4.78 is 0. The Hall–Kier alpha value is -3.52. The van der Waals surface area contributed by atoms with Crippen LogP contribution in [0.3, 0.4) is 0 Å². The Morgan fingerprint density at radius 1 is 0.593 bits per heavy atom. The Morgan fingerprint density at radius 2 is 1.37 bits per heavy atom. The molecule has 2 heteroatoms. The van der Waals surface area contributed by atoms with Gasteiger partial charge in [0.1, 0.15) is 5.82 Å². The summed E-state index contributed by atoms with van der Waals surface area (Å²) in [5, 5.41) is 3.57. The molecule has 5 rings (SSSR count). The summed E-state index contributed by atoms with van der Waals surface area (Å²) >= 11 is 0. The molecule has 2 nitrogen and oxygen atoms in total. The zero-order valence-corrected chi connectivity index (χ0v) is 15.1. The van der Waals surface area contributed by atoms with Crippen LogP contribution in [0.2, 0.25) is 0 Å². The van der Waals surface area contributed by atoms with Crippen LogP contribution in [0.4, 0.5) is 0 Å². The average Bonchev–Trinajstić information content (AvgIpc) is 2.73. The second-order valence-corrected chi connectivity index (χ2v) is 6.75. The lowest BCUT2D eigenvalue weighted by molar-refractivity contribution is 1.10. The molecule has 0 saturated heterocycles. The first kappa shape index (κ1) is 15.7. The topological polar surface area (TPSA) is 25.8 Å². The van der Waals surface area contributed by atoms with Crippen LogP contribution in [0, 0.1) is 6.92 Å². The molecular formula is C25H18N2. The molecule has 0 aliphatic rings. The van der Waals surface area contributed by atoms with E-state index in [-0.39, 0.29) is 0 Å². The molecule has 0 amide bonds. The zero-order chi connectivity index (χ0) is 18.2. The van der Waals surface area contributed by atoms with Gasteiger partial charge in [0.2, 0.25) is 0 Å². The molecule has 0 N–H and O–H groups in total. The van der Waals surface area contributed by atoms with Gasteiger partial charge in [-0.25, -0.2) is 9.97 Å². The normalized spacial score (nSPS) is 11.1. The van der Waals surface area contributed by atoms with Crippen LogP contribution < -0.4 is 0 Å². The van der Waals surface area contributed by atoms with Crippen molar-refractivity contribution >= 4 is 21.7 Å². The number of hydrogen-bond donors (Lipinski definition) is 0. The van der Waals surface area contributed by atoms with Gasteiger partial charge in [0.05, 0.1) is 11.2 Å². The number of aromatic nitrogens is 2. The van der Waals surface area contributed by atoms with E-state index in [2.05, 4.69) is 72.8 Å². The van der Waals surface area contributed by atoms with Gasteiger partial charge in [-0.2, -0.15) is 0 Å².